The summed E-state index contributed by atoms with van der Waals surface area (Å²) in [6.07, 6.45) is 1.77. The van der Waals surface area contributed by atoms with Crippen LogP contribution >= 0.6 is 27.7 Å². The van der Waals surface area contributed by atoms with Gasteiger partial charge in [-0.2, -0.15) is 0 Å². The predicted octanol–water partition coefficient (Wildman–Crippen LogP) is 5.97. The largest absolute Gasteiger partial charge is 0.497 e. The molecule has 3 aromatic carbocycles. The highest BCUT2D eigenvalue weighted by Crippen LogP contribution is 2.43. The van der Waals surface area contributed by atoms with Crippen molar-refractivity contribution < 1.29 is 9.53 Å². The lowest BCUT2D eigenvalue weighted by Crippen LogP contribution is -2.57. The van der Waals surface area contributed by atoms with E-state index in [9.17, 15) is 4.79 Å². The van der Waals surface area contributed by atoms with Crippen LogP contribution in [0.5, 0.6) is 5.75 Å². The molecule has 8 nitrogen and oxygen atoms in total. The number of fused-ring (bicyclic) bond motifs is 3. The number of halogens is 1. The van der Waals surface area contributed by atoms with Crippen molar-refractivity contribution in [2.75, 3.05) is 12.1 Å². The van der Waals surface area contributed by atoms with Crippen LogP contribution < -0.4 is 15.2 Å². The second kappa shape index (κ2) is 9.85. The molecule has 38 heavy (non-hydrogen) atoms. The number of amides is 1. The van der Waals surface area contributed by atoms with Gasteiger partial charge in [-0.25, -0.2) is 25.0 Å². The van der Waals surface area contributed by atoms with Crippen LogP contribution in [0.25, 0.3) is 0 Å². The third kappa shape index (κ3) is 4.23. The molecule has 3 aromatic rings. The van der Waals surface area contributed by atoms with E-state index in [1.807, 2.05) is 96.7 Å². The van der Waals surface area contributed by atoms with Gasteiger partial charge in [0.2, 0.25) is 0 Å². The second-order valence-electron chi connectivity index (χ2n) is 8.97. The fourth-order valence-corrected chi connectivity index (χ4v) is 6.25. The molecule has 1 fully saturated rings. The van der Waals surface area contributed by atoms with Gasteiger partial charge in [0, 0.05) is 10.0 Å². The fraction of sp³-hybridized carbons (Fsp3) is 0.179. The van der Waals surface area contributed by atoms with Gasteiger partial charge in [0.05, 0.1) is 29.9 Å². The van der Waals surface area contributed by atoms with Crippen LogP contribution in [0.4, 0.5) is 11.4 Å². The summed E-state index contributed by atoms with van der Waals surface area (Å²) >= 11 is 5.18. The summed E-state index contributed by atoms with van der Waals surface area (Å²) in [4.78, 5) is 23.1. The van der Waals surface area contributed by atoms with E-state index in [1.165, 1.54) is 0 Å². The number of thioether (sulfide) groups is 1. The predicted molar refractivity (Wildman–Crippen MR) is 155 cm³/mol. The number of hydrogen-bond donors (Lipinski definition) is 1. The number of ether oxygens (including phenoxy) is 1. The summed E-state index contributed by atoms with van der Waals surface area (Å²) in [5, 5.41) is 5.26. The maximum Gasteiger partial charge on any atom is 0.255 e. The minimum absolute atomic E-state index is 0.00202. The number of rotatable bonds is 5. The minimum atomic E-state index is -0.222. The Bertz CT molecular complexity index is 1490. The molecule has 0 radical (unpaired) electrons. The molecule has 1 amide bonds. The average Bonchev–Trinajstić information content (AvgIpc) is 3.22. The molecule has 192 valence electrons. The van der Waals surface area contributed by atoms with Crippen molar-refractivity contribution in [3.63, 3.8) is 0 Å². The third-order valence-electron chi connectivity index (χ3n) is 6.52. The number of amidine groups is 2. The highest BCUT2D eigenvalue weighted by atomic mass is 79.9. The Labute approximate surface area is 233 Å². The Morgan fingerprint density at radius 1 is 1.03 bits per heavy atom. The first-order valence-electron chi connectivity index (χ1n) is 12.1. The van der Waals surface area contributed by atoms with E-state index in [0.29, 0.717) is 5.82 Å². The van der Waals surface area contributed by atoms with E-state index in [1.54, 1.807) is 30.1 Å². The average molecular weight is 590 g/mol. The van der Waals surface area contributed by atoms with Crippen LogP contribution in [0.3, 0.4) is 0 Å². The van der Waals surface area contributed by atoms with Gasteiger partial charge in [-0.1, -0.05) is 46.3 Å². The molecule has 0 spiro atoms. The van der Waals surface area contributed by atoms with Gasteiger partial charge in [0.1, 0.15) is 17.0 Å². The Balaban J connectivity index is 1.43. The maximum absolute atomic E-state index is 13.4. The minimum Gasteiger partial charge on any atom is -0.497 e. The van der Waals surface area contributed by atoms with Crippen LogP contribution in [0.1, 0.15) is 30.3 Å². The van der Waals surface area contributed by atoms with Gasteiger partial charge < -0.3 is 4.74 Å². The first-order valence-corrected chi connectivity index (χ1v) is 13.9. The molecule has 2 atom stereocenters. The number of nitrogens with one attached hydrogen (secondary N) is 1. The third-order valence-corrected chi connectivity index (χ3v) is 8.36. The van der Waals surface area contributed by atoms with E-state index >= 15 is 0 Å². The van der Waals surface area contributed by atoms with Crippen LogP contribution in [-0.2, 0) is 4.79 Å². The van der Waals surface area contributed by atoms with Crippen molar-refractivity contribution >= 4 is 56.6 Å². The summed E-state index contributed by atoms with van der Waals surface area (Å²) in [7, 11) is 1.64. The molecular formula is C28H25BrN6O2S. The van der Waals surface area contributed by atoms with Crippen molar-refractivity contribution in [3.8, 4) is 5.75 Å². The molecule has 3 aliphatic rings. The Kier molecular flexibility index (Phi) is 6.37. The molecule has 6 rings (SSSR count). The standard InChI is InChI=1S/C28H25BrN6O2S/c1-17-27(36)33(28(38-17)19-9-12-22(37-3)13-10-19)32-25-16-30-26-23-15-20(29)11-14-24(23)31-18(2)34(26)35(25)21-7-5-4-6-8-21/h4-17,28,32H,1-3H3. The Morgan fingerprint density at radius 3 is 2.53 bits per heavy atom. The maximum atomic E-state index is 13.4. The van der Waals surface area contributed by atoms with Crippen molar-refractivity contribution in [1.29, 1.82) is 0 Å². The number of carbonyl (C=O) groups excluding carboxylic acids is 1. The van der Waals surface area contributed by atoms with Crippen LogP contribution in [0, 0.1) is 0 Å². The Hall–Kier alpha value is -3.76. The lowest BCUT2D eigenvalue weighted by molar-refractivity contribution is -0.132. The Morgan fingerprint density at radius 2 is 1.79 bits per heavy atom. The molecule has 10 heteroatoms. The van der Waals surface area contributed by atoms with E-state index in [2.05, 4.69) is 21.4 Å². The molecular weight excluding hydrogens is 564 g/mol. The topological polar surface area (TPSA) is 72.8 Å². The summed E-state index contributed by atoms with van der Waals surface area (Å²) in [5.74, 6) is 2.92. The van der Waals surface area contributed by atoms with Crippen molar-refractivity contribution in [2.45, 2.75) is 24.5 Å². The molecule has 1 N–H and O–H groups in total. The van der Waals surface area contributed by atoms with Crippen LogP contribution in [0.15, 0.2) is 99.3 Å². The number of aliphatic imine (C=N–C) groups is 2. The monoisotopic (exact) mass is 588 g/mol. The zero-order chi connectivity index (χ0) is 26.4. The molecule has 1 saturated heterocycles. The summed E-state index contributed by atoms with van der Waals surface area (Å²) in [6.45, 7) is 3.89. The van der Waals surface area contributed by atoms with E-state index < -0.39 is 0 Å². The molecule has 0 bridgehead atoms. The lowest BCUT2D eigenvalue weighted by atomic mass is 10.1. The zero-order valence-corrected chi connectivity index (χ0v) is 23.4. The van der Waals surface area contributed by atoms with E-state index in [-0.39, 0.29) is 16.5 Å². The first-order chi connectivity index (χ1) is 18.4. The van der Waals surface area contributed by atoms with Gasteiger partial charge in [-0.3, -0.25) is 10.2 Å². The number of hydrogen-bond acceptors (Lipinski definition) is 8. The summed E-state index contributed by atoms with van der Waals surface area (Å²) in [5.41, 5.74) is 7.10. The number of nitrogens with zero attached hydrogens (tertiary/aromatic N) is 5. The van der Waals surface area contributed by atoms with E-state index in [0.717, 1.165) is 44.4 Å². The van der Waals surface area contributed by atoms with Gasteiger partial charge in [0.15, 0.2) is 11.7 Å². The molecule has 2 unspecified atom stereocenters. The van der Waals surface area contributed by atoms with Crippen molar-refractivity contribution in [3.05, 3.63) is 100 Å². The molecule has 0 aromatic heterocycles. The van der Waals surface area contributed by atoms with E-state index in [4.69, 9.17) is 14.7 Å². The van der Waals surface area contributed by atoms with Gasteiger partial charge >= 0.3 is 0 Å². The van der Waals surface area contributed by atoms with Gasteiger partial charge in [-0.05, 0) is 61.9 Å². The molecule has 3 aliphatic heterocycles. The van der Waals surface area contributed by atoms with Crippen LogP contribution in [0.2, 0.25) is 0 Å². The van der Waals surface area contributed by atoms with Crippen molar-refractivity contribution in [1.82, 2.24) is 15.4 Å². The first kappa shape index (κ1) is 24.6. The van der Waals surface area contributed by atoms with Gasteiger partial charge in [0.25, 0.3) is 5.91 Å². The number of methoxy groups -OCH3 is 1. The SMILES string of the molecule is COc1ccc(C2SC(C)C(=O)N2NC2=CN=C3c4cc(Br)ccc4N=C(C)N3N2c2ccccc2)cc1. The number of hydrazine groups is 2. The smallest absolute Gasteiger partial charge is 0.255 e. The quantitative estimate of drug-likeness (QED) is 0.396. The summed E-state index contributed by atoms with van der Waals surface area (Å²) in [6, 6.07) is 23.8. The number of carbonyl (C=O) groups is 1. The molecule has 0 saturated carbocycles. The van der Waals surface area contributed by atoms with Crippen molar-refractivity contribution in [2.24, 2.45) is 9.98 Å². The summed E-state index contributed by atoms with van der Waals surface area (Å²) < 4.78 is 6.27. The molecule has 3 heterocycles. The highest BCUT2D eigenvalue weighted by Gasteiger charge is 2.41. The fourth-order valence-electron chi connectivity index (χ4n) is 4.68. The van der Waals surface area contributed by atoms with Crippen LogP contribution in [-0.4, -0.2) is 40.0 Å². The second-order valence-corrected chi connectivity index (χ2v) is 11.3. The number of benzene rings is 3. The van der Waals surface area contributed by atoms with Gasteiger partial charge in [-0.15, -0.1) is 11.8 Å². The lowest BCUT2D eigenvalue weighted by Gasteiger charge is -2.44. The normalized spacial score (nSPS) is 20.4. The molecule has 0 aliphatic carbocycles. The highest BCUT2D eigenvalue weighted by molar-refractivity contribution is 9.10. The number of para-hydroxylation sites is 1. The number of anilines is 1. The zero-order valence-electron chi connectivity index (χ0n) is 21.0.